The number of hydrogen-bond donors (Lipinski definition) is 1. The Kier molecular flexibility index (Phi) is 4.22. The van der Waals surface area contributed by atoms with Crippen LogP contribution in [0, 0.1) is 11.6 Å². The molecule has 1 saturated heterocycles. The molecule has 1 atom stereocenters. The fraction of sp³-hybridized carbons (Fsp3) is 0.312. The Balaban J connectivity index is 1.82. The van der Waals surface area contributed by atoms with E-state index in [4.69, 9.17) is 4.74 Å². The minimum atomic E-state index is -0.870. The number of nitrogens with zero attached hydrogens (tertiary/aromatic N) is 1. The summed E-state index contributed by atoms with van der Waals surface area (Å²) >= 11 is 0. The van der Waals surface area contributed by atoms with E-state index in [1.165, 1.54) is 6.07 Å². The van der Waals surface area contributed by atoms with Crippen LogP contribution in [0.3, 0.4) is 0 Å². The van der Waals surface area contributed by atoms with E-state index < -0.39 is 11.6 Å². The number of rotatable bonds is 4. The molecule has 1 aromatic carbocycles. The molecular weight excluding hydrogens is 274 g/mol. The van der Waals surface area contributed by atoms with Crippen molar-refractivity contribution in [2.24, 2.45) is 0 Å². The second-order valence-corrected chi connectivity index (χ2v) is 5.07. The zero-order chi connectivity index (χ0) is 14.7. The molecule has 0 bridgehead atoms. The van der Waals surface area contributed by atoms with Crippen molar-refractivity contribution in [1.29, 1.82) is 0 Å². The van der Waals surface area contributed by atoms with Crippen molar-refractivity contribution in [1.82, 2.24) is 10.3 Å². The minimum absolute atomic E-state index is 0.197. The highest BCUT2D eigenvalue weighted by Gasteiger charge is 2.16. The molecule has 1 N–H and O–H groups in total. The van der Waals surface area contributed by atoms with Gasteiger partial charge in [0.05, 0.1) is 18.4 Å². The lowest BCUT2D eigenvalue weighted by atomic mass is 10.1. The SMILES string of the molecule is Fc1ccc(-c2ncccc2COC2CCNC2)cc1F. The second kappa shape index (κ2) is 6.28. The largest absolute Gasteiger partial charge is 0.372 e. The summed E-state index contributed by atoms with van der Waals surface area (Å²) in [5.41, 5.74) is 2.05. The molecule has 1 fully saturated rings. The van der Waals surface area contributed by atoms with Gasteiger partial charge in [-0.1, -0.05) is 6.07 Å². The Labute approximate surface area is 122 Å². The van der Waals surface area contributed by atoms with Gasteiger partial charge >= 0.3 is 0 Å². The summed E-state index contributed by atoms with van der Waals surface area (Å²) in [6, 6.07) is 7.52. The summed E-state index contributed by atoms with van der Waals surface area (Å²) in [6.45, 7) is 2.23. The molecule has 3 rings (SSSR count). The Morgan fingerprint density at radius 1 is 1.24 bits per heavy atom. The topological polar surface area (TPSA) is 34.1 Å². The van der Waals surface area contributed by atoms with Crippen molar-refractivity contribution in [3.8, 4) is 11.3 Å². The van der Waals surface area contributed by atoms with Gasteiger partial charge in [-0.05, 0) is 37.2 Å². The average Bonchev–Trinajstić information content (AvgIpc) is 3.02. The monoisotopic (exact) mass is 290 g/mol. The van der Waals surface area contributed by atoms with Crippen molar-refractivity contribution in [3.05, 3.63) is 53.7 Å². The normalized spacial score (nSPS) is 18.1. The molecule has 110 valence electrons. The fourth-order valence-electron chi connectivity index (χ4n) is 2.44. The molecule has 0 spiro atoms. The predicted octanol–water partition coefficient (Wildman–Crippen LogP) is 2.91. The van der Waals surface area contributed by atoms with E-state index in [2.05, 4.69) is 10.3 Å². The van der Waals surface area contributed by atoms with Crippen molar-refractivity contribution in [3.63, 3.8) is 0 Å². The Morgan fingerprint density at radius 3 is 2.90 bits per heavy atom. The van der Waals surface area contributed by atoms with Crippen LogP contribution in [0.5, 0.6) is 0 Å². The summed E-state index contributed by atoms with van der Waals surface area (Å²) in [5, 5.41) is 3.24. The van der Waals surface area contributed by atoms with Gasteiger partial charge in [0.15, 0.2) is 11.6 Å². The third kappa shape index (κ3) is 3.25. The van der Waals surface area contributed by atoms with Crippen LogP contribution in [0.25, 0.3) is 11.3 Å². The van der Waals surface area contributed by atoms with Gasteiger partial charge < -0.3 is 10.1 Å². The van der Waals surface area contributed by atoms with Crippen LogP contribution in [-0.2, 0) is 11.3 Å². The van der Waals surface area contributed by atoms with Crippen molar-refractivity contribution in [2.45, 2.75) is 19.1 Å². The maximum absolute atomic E-state index is 13.4. The maximum atomic E-state index is 13.4. The molecular formula is C16H16F2N2O. The first kappa shape index (κ1) is 14.1. The van der Waals surface area contributed by atoms with Crippen LogP contribution in [0.4, 0.5) is 8.78 Å². The smallest absolute Gasteiger partial charge is 0.159 e. The van der Waals surface area contributed by atoms with Gasteiger partial charge in [-0.15, -0.1) is 0 Å². The number of benzene rings is 1. The highest BCUT2D eigenvalue weighted by Crippen LogP contribution is 2.24. The zero-order valence-corrected chi connectivity index (χ0v) is 11.5. The minimum Gasteiger partial charge on any atom is -0.372 e. The van der Waals surface area contributed by atoms with Crippen molar-refractivity contribution >= 4 is 0 Å². The van der Waals surface area contributed by atoms with Crippen molar-refractivity contribution in [2.75, 3.05) is 13.1 Å². The number of hydrogen-bond acceptors (Lipinski definition) is 3. The van der Waals surface area contributed by atoms with Crippen LogP contribution >= 0.6 is 0 Å². The summed E-state index contributed by atoms with van der Waals surface area (Å²) in [4.78, 5) is 4.28. The predicted molar refractivity (Wildman–Crippen MR) is 75.7 cm³/mol. The third-order valence-electron chi connectivity index (χ3n) is 3.57. The Morgan fingerprint density at radius 2 is 2.14 bits per heavy atom. The molecule has 1 aliphatic heterocycles. The molecule has 5 heteroatoms. The standard InChI is InChI=1S/C16H16F2N2O/c17-14-4-3-11(8-15(14)18)16-12(2-1-6-20-16)10-21-13-5-7-19-9-13/h1-4,6,8,13,19H,5,7,9-10H2. The van der Waals surface area contributed by atoms with Gasteiger partial charge in [-0.3, -0.25) is 4.98 Å². The molecule has 3 nitrogen and oxygen atoms in total. The number of halogens is 2. The highest BCUT2D eigenvalue weighted by atomic mass is 19.2. The average molecular weight is 290 g/mol. The quantitative estimate of drug-likeness (QED) is 0.940. The van der Waals surface area contributed by atoms with E-state index in [1.807, 2.05) is 12.1 Å². The second-order valence-electron chi connectivity index (χ2n) is 5.07. The highest BCUT2D eigenvalue weighted by molar-refractivity contribution is 5.62. The van der Waals surface area contributed by atoms with Gasteiger partial charge in [0.25, 0.3) is 0 Å². The van der Waals surface area contributed by atoms with Gasteiger partial charge in [0.1, 0.15) is 0 Å². The maximum Gasteiger partial charge on any atom is 0.159 e. The number of nitrogens with one attached hydrogen (secondary N) is 1. The number of pyridine rings is 1. The molecule has 0 amide bonds. The van der Waals surface area contributed by atoms with Crippen molar-refractivity contribution < 1.29 is 13.5 Å². The van der Waals surface area contributed by atoms with Gasteiger partial charge in [-0.2, -0.15) is 0 Å². The van der Waals surface area contributed by atoms with Gasteiger partial charge in [0.2, 0.25) is 0 Å². The molecule has 0 saturated carbocycles. The summed E-state index contributed by atoms with van der Waals surface area (Å²) in [6.07, 6.45) is 2.82. The molecule has 2 aromatic rings. The molecule has 1 aromatic heterocycles. The van der Waals surface area contributed by atoms with Gasteiger partial charge in [0, 0.05) is 23.9 Å². The molecule has 1 unspecified atom stereocenters. The third-order valence-corrected chi connectivity index (χ3v) is 3.57. The molecule has 21 heavy (non-hydrogen) atoms. The van der Waals surface area contributed by atoms with E-state index in [0.717, 1.165) is 37.2 Å². The van der Waals surface area contributed by atoms with Crippen LogP contribution in [-0.4, -0.2) is 24.2 Å². The van der Waals surface area contributed by atoms with E-state index >= 15 is 0 Å². The first-order valence-corrected chi connectivity index (χ1v) is 6.95. The van der Waals surface area contributed by atoms with Gasteiger partial charge in [-0.25, -0.2) is 8.78 Å². The van der Waals surface area contributed by atoms with Crippen LogP contribution in [0.1, 0.15) is 12.0 Å². The van der Waals surface area contributed by atoms with E-state index in [1.54, 1.807) is 6.20 Å². The molecule has 1 aliphatic rings. The summed E-state index contributed by atoms with van der Waals surface area (Å²) in [7, 11) is 0. The summed E-state index contributed by atoms with van der Waals surface area (Å²) in [5.74, 6) is -1.73. The lowest BCUT2D eigenvalue weighted by Crippen LogP contribution is -2.16. The molecule has 0 radical (unpaired) electrons. The lowest BCUT2D eigenvalue weighted by molar-refractivity contribution is 0.0543. The number of ether oxygens (including phenoxy) is 1. The summed E-state index contributed by atoms with van der Waals surface area (Å²) < 4.78 is 32.3. The van der Waals surface area contributed by atoms with E-state index in [-0.39, 0.29) is 6.10 Å². The lowest BCUT2D eigenvalue weighted by Gasteiger charge is -2.13. The van der Waals surface area contributed by atoms with E-state index in [0.29, 0.717) is 17.9 Å². The van der Waals surface area contributed by atoms with E-state index in [9.17, 15) is 8.78 Å². The van der Waals surface area contributed by atoms with Crippen LogP contribution in [0.2, 0.25) is 0 Å². The van der Waals surface area contributed by atoms with Crippen LogP contribution < -0.4 is 5.32 Å². The zero-order valence-electron chi connectivity index (χ0n) is 11.5. The first-order chi connectivity index (χ1) is 10.2. The molecule has 2 heterocycles. The first-order valence-electron chi connectivity index (χ1n) is 6.95. The number of aromatic nitrogens is 1. The van der Waals surface area contributed by atoms with Crippen LogP contribution in [0.15, 0.2) is 36.5 Å². The fourth-order valence-corrected chi connectivity index (χ4v) is 2.44. The Bertz CT molecular complexity index is 627. The Hall–Kier alpha value is -1.85. The molecule has 0 aliphatic carbocycles.